The summed E-state index contributed by atoms with van der Waals surface area (Å²) >= 11 is 0. The van der Waals surface area contributed by atoms with E-state index in [1.807, 2.05) is 6.07 Å². The van der Waals surface area contributed by atoms with Crippen LogP contribution in [0.1, 0.15) is 31.7 Å². The van der Waals surface area contributed by atoms with E-state index >= 15 is 0 Å². The van der Waals surface area contributed by atoms with Crippen molar-refractivity contribution in [2.24, 2.45) is 5.73 Å². The molecule has 1 aromatic carbocycles. The van der Waals surface area contributed by atoms with E-state index in [2.05, 4.69) is 16.6 Å². The number of carbonyl (C=O) groups is 3. The quantitative estimate of drug-likeness (QED) is 0.348. The van der Waals surface area contributed by atoms with Gasteiger partial charge in [-0.3, -0.25) is 9.59 Å². The predicted molar refractivity (Wildman–Crippen MR) is 99.0 cm³/mol. The van der Waals surface area contributed by atoms with Crippen LogP contribution in [0.4, 0.5) is 4.79 Å². The largest absolute Gasteiger partial charge is 0.445 e. The summed E-state index contributed by atoms with van der Waals surface area (Å²) in [5.41, 5.74) is 6.05. The van der Waals surface area contributed by atoms with Crippen LogP contribution < -0.4 is 16.4 Å². The molecule has 0 aliphatic carbocycles. The van der Waals surface area contributed by atoms with Crippen molar-refractivity contribution in [3.63, 3.8) is 0 Å². The Hall–Kier alpha value is -3.05. The fourth-order valence-electron chi connectivity index (χ4n) is 2.25. The summed E-state index contributed by atoms with van der Waals surface area (Å²) in [6.07, 6.45) is 4.26. The Labute approximate surface area is 158 Å². The molecule has 5 N–H and O–H groups in total. The van der Waals surface area contributed by atoms with Crippen molar-refractivity contribution in [1.82, 2.24) is 10.6 Å². The van der Waals surface area contributed by atoms with E-state index in [0.29, 0.717) is 12.8 Å². The van der Waals surface area contributed by atoms with Crippen molar-refractivity contribution in [3.05, 3.63) is 35.9 Å². The van der Waals surface area contributed by atoms with Gasteiger partial charge in [0.05, 0.1) is 6.10 Å². The number of carbonyl (C=O) groups excluding carboxylic acids is 3. The first-order valence-corrected chi connectivity index (χ1v) is 8.53. The standard InChI is InChI=1S/C19H25N3O5/c1-3-4-6-11-15(17(20)24)21-18(25)16(13(2)23)22-19(26)27-12-14-9-7-5-8-10-14/h1,5,7-10,13,15-16,23H,4,6,11-12H2,2H3,(H2,20,24)(H,21,25)(H,22,26)/t13-,15-,16+/m1/s1. The molecule has 0 aromatic heterocycles. The van der Waals surface area contributed by atoms with Crippen LogP contribution in [0.3, 0.4) is 0 Å². The second-order valence-corrected chi connectivity index (χ2v) is 5.98. The van der Waals surface area contributed by atoms with Gasteiger partial charge >= 0.3 is 6.09 Å². The Morgan fingerprint density at radius 1 is 1.26 bits per heavy atom. The molecule has 1 aromatic rings. The summed E-state index contributed by atoms with van der Waals surface area (Å²) < 4.78 is 5.04. The maximum Gasteiger partial charge on any atom is 0.408 e. The van der Waals surface area contributed by atoms with Crippen molar-refractivity contribution in [1.29, 1.82) is 0 Å². The summed E-state index contributed by atoms with van der Waals surface area (Å²) in [4.78, 5) is 35.8. The zero-order valence-corrected chi connectivity index (χ0v) is 15.2. The van der Waals surface area contributed by atoms with E-state index < -0.39 is 36.1 Å². The van der Waals surface area contributed by atoms with E-state index in [0.717, 1.165) is 5.56 Å². The molecule has 0 radical (unpaired) electrons. The van der Waals surface area contributed by atoms with Gasteiger partial charge in [-0.1, -0.05) is 30.3 Å². The Kier molecular flexibility index (Phi) is 9.40. The molecule has 8 nitrogen and oxygen atoms in total. The van der Waals surface area contributed by atoms with Crippen LogP contribution in [0.5, 0.6) is 0 Å². The molecule has 0 aliphatic heterocycles. The smallest absolute Gasteiger partial charge is 0.408 e. The molecule has 3 atom stereocenters. The Morgan fingerprint density at radius 2 is 1.93 bits per heavy atom. The van der Waals surface area contributed by atoms with Crippen LogP contribution >= 0.6 is 0 Å². The molecule has 3 amide bonds. The second kappa shape index (κ2) is 11.5. The van der Waals surface area contributed by atoms with E-state index in [1.165, 1.54) is 6.92 Å². The van der Waals surface area contributed by atoms with E-state index in [-0.39, 0.29) is 13.0 Å². The highest BCUT2D eigenvalue weighted by Gasteiger charge is 2.29. The minimum absolute atomic E-state index is 0.0107. The van der Waals surface area contributed by atoms with Gasteiger partial charge in [-0.25, -0.2) is 4.79 Å². The molecule has 0 bridgehead atoms. The topological polar surface area (TPSA) is 131 Å². The van der Waals surface area contributed by atoms with Crippen molar-refractivity contribution >= 4 is 17.9 Å². The molecule has 1 rings (SSSR count). The van der Waals surface area contributed by atoms with Crippen LogP contribution in [-0.4, -0.2) is 41.2 Å². The maximum absolute atomic E-state index is 12.4. The first kappa shape index (κ1) is 22.0. The van der Waals surface area contributed by atoms with Crippen LogP contribution in [0.25, 0.3) is 0 Å². The third-order valence-corrected chi connectivity index (χ3v) is 3.72. The number of aliphatic hydroxyl groups excluding tert-OH is 1. The highest BCUT2D eigenvalue weighted by molar-refractivity contribution is 5.91. The minimum atomic E-state index is -1.30. The van der Waals surface area contributed by atoms with Crippen molar-refractivity contribution < 1.29 is 24.2 Å². The second-order valence-electron chi connectivity index (χ2n) is 5.98. The Morgan fingerprint density at radius 3 is 2.48 bits per heavy atom. The lowest BCUT2D eigenvalue weighted by atomic mass is 10.1. The summed E-state index contributed by atoms with van der Waals surface area (Å²) in [7, 11) is 0. The first-order chi connectivity index (χ1) is 12.8. The van der Waals surface area contributed by atoms with Crippen LogP contribution in [0, 0.1) is 12.3 Å². The third kappa shape index (κ3) is 8.25. The maximum atomic E-state index is 12.4. The fourth-order valence-corrected chi connectivity index (χ4v) is 2.25. The zero-order valence-electron chi connectivity index (χ0n) is 15.2. The van der Waals surface area contributed by atoms with E-state index in [1.54, 1.807) is 24.3 Å². The van der Waals surface area contributed by atoms with Gasteiger partial charge in [0.2, 0.25) is 11.8 Å². The highest BCUT2D eigenvalue weighted by Crippen LogP contribution is 2.04. The number of ether oxygens (including phenoxy) is 1. The first-order valence-electron chi connectivity index (χ1n) is 8.53. The van der Waals surface area contributed by atoms with Crippen LogP contribution in [-0.2, 0) is 20.9 Å². The monoisotopic (exact) mass is 375 g/mol. The van der Waals surface area contributed by atoms with Crippen molar-refractivity contribution in [3.8, 4) is 12.3 Å². The number of hydrogen-bond acceptors (Lipinski definition) is 5. The molecule has 0 aliphatic rings. The van der Waals surface area contributed by atoms with E-state index in [4.69, 9.17) is 16.9 Å². The van der Waals surface area contributed by atoms with Crippen LogP contribution in [0.15, 0.2) is 30.3 Å². The molecule has 0 fully saturated rings. The van der Waals surface area contributed by atoms with Gasteiger partial charge in [0.1, 0.15) is 18.7 Å². The van der Waals surface area contributed by atoms with Gasteiger partial charge < -0.3 is 26.2 Å². The summed E-state index contributed by atoms with van der Waals surface area (Å²) in [5.74, 6) is 0.962. The molecule has 0 saturated carbocycles. The number of rotatable bonds is 10. The number of primary amides is 1. The lowest BCUT2D eigenvalue weighted by Crippen LogP contribution is -2.56. The van der Waals surface area contributed by atoms with Gasteiger partial charge in [0.15, 0.2) is 0 Å². The summed E-state index contributed by atoms with van der Waals surface area (Å²) in [6, 6.07) is 6.73. The average Bonchev–Trinajstić information content (AvgIpc) is 2.64. The number of hydrogen-bond donors (Lipinski definition) is 4. The Balaban J connectivity index is 2.61. The number of aliphatic hydroxyl groups is 1. The van der Waals surface area contributed by atoms with Gasteiger partial charge in [-0.15, -0.1) is 12.3 Å². The predicted octanol–water partition coefficient (Wildman–Crippen LogP) is 0.436. The number of terminal acetylenes is 1. The molecule has 146 valence electrons. The lowest BCUT2D eigenvalue weighted by molar-refractivity contribution is -0.130. The molecule has 8 heteroatoms. The minimum Gasteiger partial charge on any atom is -0.445 e. The number of alkyl carbamates (subject to hydrolysis) is 1. The van der Waals surface area contributed by atoms with Gasteiger partial charge in [-0.2, -0.15) is 0 Å². The molecule has 27 heavy (non-hydrogen) atoms. The summed E-state index contributed by atoms with van der Waals surface area (Å²) in [5, 5.41) is 14.5. The van der Waals surface area contributed by atoms with Crippen molar-refractivity contribution in [2.75, 3.05) is 0 Å². The fraction of sp³-hybridized carbons (Fsp3) is 0.421. The number of unbranched alkanes of at least 4 members (excludes halogenated alkanes) is 1. The van der Waals surface area contributed by atoms with Gasteiger partial charge in [0, 0.05) is 6.42 Å². The number of nitrogens with one attached hydrogen (secondary N) is 2. The molecular formula is C19H25N3O5. The molecular weight excluding hydrogens is 350 g/mol. The highest BCUT2D eigenvalue weighted by atomic mass is 16.5. The van der Waals surface area contributed by atoms with Gasteiger partial charge in [-0.05, 0) is 25.3 Å². The molecule has 0 saturated heterocycles. The van der Waals surface area contributed by atoms with Crippen LogP contribution in [0.2, 0.25) is 0 Å². The average molecular weight is 375 g/mol. The molecule has 0 spiro atoms. The zero-order chi connectivity index (χ0) is 20.2. The van der Waals surface area contributed by atoms with E-state index in [9.17, 15) is 19.5 Å². The Bertz CT molecular complexity index is 670. The SMILES string of the molecule is C#CCCC[C@@H](NC(=O)[C@@H](NC(=O)OCc1ccccc1)[C@@H](C)O)C(N)=O. The number of nitrogens with two attached hydrogens (primary N) is 1. The molecule has 0 unspecified atom stereocenters. The van der Waals surface area contributed by atoms with Crippen molar-refractivity contribution in [2.45, 2.75) is 51.0 Å². The molecule has 0 heterocycles. The number of benzene rings is 1. The lowest BCUT2D eigenvalue weighted by Gasteiger charge is -2.23. The van der Waals surface area contributed by atoms with Gasteiger partial charge in [0.25, 0.3) is 0 Å². The normalized spacial score (nSPS) is 13.5. The third-order valence-electron chi connectivity index (χ3n) is 3.72. The number of amides is 3. The summed E-state index contributed by atoms with van der Waals surface area (Å²) in [6.45, 7) is 1.34.